The molecule has 0 fully saturated rings. The van der Waals surface area contributed by atoms with Crippen LogP contribution in [0.5, 0.6) is 0 Å². The summed E-state index contributed by atoms with van der Waals surface area (Å²) in [5, 5.41) is 0. The second kappa shape index (κ2) is 9.76. The molecule has 0 spiro atoms. The van der Waals surface area contributed by atoms with Gasteiger partial charge in [0.2, 0.25) is 0 Å². The molecule has 0 heterocycles. The minimum atomic E-state index is 0.952. The Balaban J connectivity index is 1.49. The van der Waals surface area contributed by atoms with Crippen LogP contribution in [0.1, 0.15) is 16.7 Å². The smallest absolute Gasteiger partial charge is 0.0136 e. The molecule has 0 aromatic heterocycles. The number of rotatable bonds is 5. The van der Waals surface area contributed by atoms with Gasteiger partial charge in [0.1, 0.15) is 0 Å². The maximum Gasteiger partial charge on any atom is 0.0136 e. The van der Waals surface area contributed by atoms with Gasteiger partial charge in [-0.15, -0.1) is 0 Å². The summed E-state index contributed by atoms with van der Waals surface area (Å²) in [5.41, 5.74) is 11.5. The average molecular weight is 536 g/mol. The van der Waals surface area contributed by atoms with E-state index in [9.17, 15) is 0 Å². The summed E-state index contributed by atoms with van der Waals surface area (Å²) >= 11 is 2.38. The maximum absolute atomic E-state index is 2.38. The van der Waals surface area contributed by atoms with Gasteiger partial charge in [0.15, 0.2) is 0 Å². The predicted octanol–water partition coefficient (Wildman–Crippen LogP) is 9.19. The van der Waals surface area contributed by atoms with Crippen molar-refractivity contribution in [2.75, 3.05) is 0 Å². The zero-order valence-corrected chi connectivity index (χ0v) is 20.8. The van der Waals surface area contributed by atoms with Crippen molar-refractivity contribution in [3.05, 3.63) is 142 Å². The molecule has 160 valence electrons. The lowest BCUT2D eigenvalue weighted by atomic mass is 9.94. The lowest BCUT2D eigenvalue weighted by Crippen LogP contribution is -1.91. The summed E-state index contributed by atoms with van der Waals surface area (Å²) in [6.45, 7) is 2.19. The van der Waals surface area contributed by atoms with Crippen LogP contribution in [0.25, 0.3) is 33.4 Å². The fourth-order valence-corrected chi connectivity index (χ4v) is 4.93. The highest BCUT2D eigenvalue weighted by atomic mass is 127. The lowest BCUT2D eigenvalue weighted by Gasteiger charge is -2.11. The first-order valence-corrected chi connectivity index (χ1v) is 12.3. The molecular weight excluding hydrogens is 511 g/mol. The third-order valence-electron chi connectivity index (χ3n) is 5.94. The average Bonchev–Trinajstić information content (AvgIpc) is 2.84. The van der Waals surface area contributed by atoms with Gasteiger partial charge in [-0.25, -0.2) is 0 Å². The Bertz CT molecular complexity index is 1400. The fourth-order valence-electron chi connectivity index (χ4n) is 4.39. The molecule has 0 nitrogen and oxygen atoms in total. The molecule has 0 saturated carbocycles. The van der Waals surface area contributed by atoms with Gasteiger partial charge in [-0.1, -0.05) is 103 Å². The van der Waals surface area contributed by atoms with Gasteiger partial charge in [0, 0.05) is 3.57 Å². The molecule has 1 heteroatoms. The quantitative estimate of drug-likeness (QED) is 0.197. The standard InChI is InChI=1S/C32H25I/c1-23-16-25(18-24-8-3-2-4-9-24)19-31(17-23)29-13-6-11-27(21-29)26-10-5-12-28(20-26)30-14-7-15-32(33)22-30/h2-17,19-22H,18H2,1H3. The predicted molar refractivity (Wildman–Crippen MR) is 149 cm³/mol. The topological polar surface area (TPSA) is 0 Å². The van der Waals surface area contributed by atoms with E-state index in [0.29, 0.717) is 0 Å². The van der Waals surface area contributed by atoms with Crippen molar-refractivity contribution < 1.29 is 0 Å². The van der Waals surface area contributed by atoms with Crippen molar-refractivity contribution in [2.45, 2.75) is 13.3 Å². The minimum Gasteiger partial charge on any atom is -0.0622 e. The molecule has 5 aromatic rings. The van der Waals surface area contributed by atoms with E-state index in [0.717, 1.165) is 6.42 Å². The highest BCUT2D eigenvalue weighted by molar-refractivity contribution is 14.1. The Kier molecular flexibility index (Phi) is 6.41. The Hall–Kier alpha value is -3.17. The highest BCUT2D eigenvalue weighted by Gasteiger charge is 2.07. The van der Waals surface area contributed by atoms with Crippen LogP contribution in [-0.4, -0.2) is 0 Å². The SMILES string of the molecule is Cc1cc(Cc2ccccc2)cc(-c2cccc(-c3cccc(-c4cccc(I)c4)c3)c2)c1. The van der Waals surface area contributed by atoms with Crippen LogP contribution in [0.3, 0.4) is 0 Å². The second-order valence-electron chi connectivity index (χ2n) is 8.54. The molecular formula is C32H25I. The summed E-state index contributed by atoms with van der Waals surface area (Å²) in [5.74, 6) is 0. The van der Waals surface area contributed by atoms with E-state index in [1.807, 2.05) is 0 Å². The molecule has 0 radical (unpaired) electrons. The maximum atomic E-state index is 2.38. The van der Waals surface area contributed by atoms with Gasteiger partial charge < -0.3 is 0 Å². The molecule has 0 bridgehead atoms. The van der Waals surface area contributed by atoms with Gasteiger partial charge >= 0.3 is 0 Å². The molecule has 0 aliphatic carbocycles. The van der Waals surface area contributed by atoms with Crippen molar-refractivity contribution in [1.82, 2.24) is 0 Å². The summed E-state index contributed by atoms with van der Waals surface area (Å²) in [6, 6.07) is 44.0. The van der Waals surface area contributed by atoms with E-state index in [4.69, 9.17) is 0 Å². The Morgan fingerprint density at radius 1 is 0.455 bits per heavy atom. The Morgan fingerprint density at radius 3 is 1.61 bits per heavy atom. The second-order valence-corrected chi connectivity index (χ2v) is 9.79. The van der Waals surface area contributed by atoms with Crippen LogP contribution < -0.4 is 0 Å². The van der Waals surface area contributed by atoms with E-state index in [1.165, 1.54) is 53.6 Å². The van der Waals surface area contributed by atoms with E-state index < -0.39 is 0 Å². The fraction of sp³-hybridized carbons (Fsp3) is 0.0625. The lowest BCUT2D eigenvalue weighted by molar-refractivity contribution is 1.18. The molecule has 33 heavy (non-hydrogen) atoms. The molecule has 5 rings (SSSR count). The molecule has 0 aliphatic rings. The van der Waals surface area contributed by atoms with Gasteiger partial charge in [0.25, 0.3) is 0 Å². The van der Waals surface area contributed by atoms with Crippen molar-refractivity contribution >= 4 is 22.6 Å². The number of hydrogen-bond acceptors (Lipinski definition) is 0. The van der Waals surface area contributed by atoms with E-state index in [1.54, 1.807) is 0 Å². The number of halogens is 1. The van der Waals surface area contributed by atoms with E-state index in [2.05, 4.69) is 151 Å². The first-order valence-electron chi connectivity index (χ1n) is 11.3. The Morgan fingerprint density at radius 2 is 1.00 bits per heavy atom. The molecule has 0 saturated heterocycles. The summed E-state index contributed by atoms with van der Waals surface area (Å²) in [6.07, 6.45) is 0.952. The van der Waals surface area contributed by atoms with E-state index >= 15 is 0 Å². The van der Waals surface area contributed by atoms with Gasteiger partial charge in [-0.05, 0) is 105 Å². The van der Waals surface area contributed by atoms with Gasteiger partial charge in [-0.3, -0.25) is 0 Å². The molecule has 0 amide bonds. The zero-order valence-electron chi connectivity index (χ0n) is 18.6. The Labute approximate surface area is 210 Å². The van der Waals surface area contributed by atoms with Crippen LogP contribution in [0.2, 0.25) is 0 Å². The van der Waals surface area contributed by atoms with Crippen molar-refractivity contribution in [1.29, 1.82) is 0 Å². The normalized spacial score (nSPS) is 10.8. The third kappa shape index (κ3) is 5.26. The van der Waals surface area contributed by atoms with Crippen molar-refractivity contribution in [3.63, 3.8) is 0 Å². The van der Waals surface area contributed by atoms with Crippen LogP contribution in [-0.2, 0) is 6.42 Å². The monoisotopic (exact) mass is 536 g/mol. The van der Waals surface area contributed by atoms with Crippen LogP contribution in [0.4, 0.5) is 0 Å². The molecule has 0 unspecified atom stereocenters. The van der Waals surface area contributed by atoms with E-state index in [-0.39, 0.29) is 0 Å². The molecule has 0 atom stereocenters. The van der Waals surface area contributed by atoms with Crippen LogP contribution in [0.15, 0.2) is 121 Å². The molecule has 0 N–H and O–H groups in total. The first kappa shape index (κ1) is 21.7. The first-order chi connectivity index (χ1) is 16.1. The van der Waals surface area contributed by atoms with Crippen LogP contribution >= 0.6 is 22.6 Å². The van der Waals surface area contributed by atoms with Crippen LogP contribution in [0, 0.1) is 10.5 Å². The summed E-state index contributed by atoms with van der Waals surface area (Å²) in [7, 11) is 0. The third-order valence-corrected chi connectivity index (χ3v) is 6.61. The van der Waals surface area contributed by atoms with Crippen molar-refractivity contribution in [2.24, 2.45) is 0 Å². The summed E-state index contributed by atoms with van der Waals surface area (Å²) < 4.78 is 1.25. The molecule has 5 aromatic carbocycles. The van der Waals surface area contributed by atoms with Gasteiger partial charge in [0.05, 0.1) is 0 Å². The van der Waals surface area contributed by atoms with Crippen molar-refractivity contribution in [3.8, 4) is 33.4 Å². The highest BCUT2D eigenvalue weighted by Crippen LogP contribution is 2.31. The largest absolute Gasteiger partial charge is 0.0622 e. The molecule has 0 aliphatic heterocycles. The zero-order chi connectivity index (χ0) is 22.6. The number of hydrogen-bond donors (Lipinski definition) is 0. The number of aryl methyl sites for hydroxylation is 1. The summed E-state index contributed by atoms with van der Waals surface area (Å²) in [4.78, 5) is 0. The minimum absolute atomic E-state index is 0.952. The number of benzene rings is 5. The van der Waals surface area contributed by atoms with Gasteiger partial charge in [-0.2, -0.15) is 0 Å².